The number of furan rings is 1. The second-order valence-corrected chi connectivity index (χ2v) is 4.00. The standard InChI is InChI=1S/C9H5IN2O4/c10-6-2-1-4(16-6)3-5-7(13)11-9(15)12-8(5)14/h1-3H,(H2,11,12,13,14,15). The summed E-state index contributed by atoms with van der Waals surface area (Å²) in [6.07, 6.45) is 1.28. The molecule has 7 heteroatoms. The van der Waals surface area contributed by atoms with Crippen LogP contribution in [0.5, 0.6) is 0 Å². The molecule has 1 aliphatic rings. The van der Waals surface area contributed by atoms with E-state index in [2.05, 4.69) is 0 Å². The van der Waals surface area contributed by atoms with E-state index < -0.39 is 17.8 Å². The molecule has 0 saturated carbocycles. The van der Waals surface area contributed by atoms with Gasteiger partial charge in [-0.2, -0.15) is 0 Å². The number of urea groups is 1. The first-order chi connectivity index (χ1) is 7.56. The van der Waals surface area contributed by atoms with Gasteiger partial charge < -0.3 is 4.42 Å². The number of halogens is 1. The Kier molecular flexibility index (Phi) is 2.77. The second-order valence-electron chi connectivity index (χ2n) is 2.94. The fourth-order valence-corrected chi connectivity index (χ4v) is 1.59. The normalized spacial score (nSPS) is 15.8. The molecule has 0 aliphatic carbocycles. The first-order valence-electron chi connectivity index (χ1n) is 4.20. The second kappa shape index (κ2) is 4.08. The van der Waals surface area contributed by atoms with Crippen molar-refractivity contribution in [1.82, 2.24) is 10.6 Å². The third-order valence-corrected chi connectivity index (χ3v) is 2.40. The Hall–Kier alpha value is -1.64. The van der Waals surface area contributed by atoms with Gasteiger partial charge in [0.05, 0.1) is 0 Å². The summed E-state index contributed by atoms with van der Waals surface area (Å²) in [5, 5.41) is 3.93. The van der Waals surface area contributed by atoms with Crippen LogP contribution in [0.1, 0.15) is 5.76 Å². The van der Waals surface area contributed by atoms with E-state index in [1.165, 1.54) is 6.08 Å². The van der Waals surface area contributed by atoms with E-state index in [1.807, 2.05) is 33.2 Å². The SMILES string of the molecule is O=C1NC(=O)C(=Cc2ccc(I)o2)C(=O)N1. The van der Waals surface area contributed by atoms with Gasteiger partial charge in [-0.3, -0.25) is 20.2 Å². The fraction of sp³-hybridized carbons (Fsp3) is 0. The quantitative estimate of drug-likeness (QED) is 0.449. The third kappa shape index (κ3) is 2.13. The number of hydrogen-bond donors (Lipinski definition) is 2. The predicted molar refractivity (Wildman–Crippen MR) is 61.1 cm³/mol. The minimum atomic E-state index is -0.818. The summed E-state index contributed by atoms with van der Waals surface area (Å²) >= 11 is 1.96. The lowest BCUT2D eigenvalue weighted by Gasteiger charge is -2.13. The van der Waals surface area contributed by atoms with Gasteiger partial charge in [-0.05, 0) is 40.8 Å². The van der Waals surface area contributed by atoms with Crippen molar-refractivity contribution in [3.8, 4) is 0 Å². The molecule has 1 aromatic rings. The molecule has 0 aromatic carbocycles. The van der Waals surface area contributed by atoms with Crippen LogP contribution in [0, 0.1) is 3.77 Å². The average Bonchev–Trinajstić information content (AvgIpc) is 2.58. The summed E-state index contributed by atoms with van der Waals surface area (Å²) in [7, 11) is 0. The first-order valence-corrected chi connectivity index (χ1v) is 5.28. The lowest BCUT2D eigenvalue weighted by molar-refractivity contribution is -0.123. The molecule has 1 aromatic heterocycles. The predicted octanol–water partition coefficient (Wildman–Crippen LogP) is 0.634. The maximum Gasteiger partial charge on any atom is 0.328 e. The summed E-state index contributed by atoms with van der Waals surface area (Å²) in [4.78, 5) is 33.4. The molecular formula is C9H5IN2O4. The summed E-state index contributed by atoms with van der Waals surface area (Å²) in [6.45, 7) is 0. The zero-order valence-corrected chi connectivity index (χ0v) is 9.90. The Bertz CT molecular complexity index is 495. The lowest BCUT2D eigenvalue weighted by Crippen LogP contribution is -2.51. The number of carbonyl (C=O) groups excluding carboxylic acids is 3. The largest absolute Gasteiger partial charge is 0.451 e. The Balaban J connectivity index is 2.32. The van der Waals surface area contributed by atoms with Crippen LogP contribution in [-0.2, 0) is 9.59 Å². The topological polar surface area (TPSA) is 88.4 Å². The van der Waals surface area contributed by atoms with E-state index in [0.717, 1.165) is 0 Å². The minimum absolute atomic E-state index is 0.162. The number of amides is 4. The molecule has 6 nitrogen and oxygen atoms in total. The Morgan fingerprint density at radius 1 is 1.12 bits per heavy atom. The third-order valence-electron chi connectivity index (χ3n) is 1.82. The molecule has 1 fully saturated rings. The Morgan fingerprint density at radius 3 is 2.25 bits per heavy atom. The molecule has 2 heterocycles. The van der Waals surface area contributed by atoms with Crippen molar-refractivity contribution in [1.29, 1.82) is 0 Å². The zero-order chi connectivity index (χ0) is 11.7. The first kappa shape index (κ1) is 10.9. The molecular weight excluding hydrogens is 327 g/mol. The van der Waals surface area contributed by atoms with E-state index in [0.29, 0.717) is 9.53 Å². The number of carbonyl (C=O) groups is 3. The van der Waals surface area contributed by atoms with Gasteiger partial charge in [-0.15, -0.1) is 0 Å². The molecule has 4 amide bonds. The van der Waals surface area contributed by atoms with Crippen LogP contribution in [0.4, 0.5) is 4.79 Å². The van der Waals surface area contributed by atoms with Crippen LogP contribution >= 0.6 is 22.6 Å². The van der Waals surface area contributed by atoms with E-state index in [1.54, 1.807) is 12.1 Å². The number of hydrogen-bond acceptors (Lipinski definition) is 4. The van der Waals surface area contributed by atoms with Gasteiger partial charge in [0.2, 0.25) is 0 Å². The van der Waals surface area contributed by atoms with Gasteiger partial charge >= 0.3 is 6.03 Å². The summed E-state index contributed by atoms with van der Waals surface area (Å²) in [5.74, 6) is -1.10. The molecule has 2 N–H and O–H groups in total. The number of barbiturate groups is 1. The molecule has 1 saturated heterocycles. The zero-order valence-electron chi connectivity index (χ0n) is 7.74. The maximum absolute atomic E-state index is 11.3. The van der Waals surface area contributed by atoms with E-state index in [9.17, 15) is 14.4 Å². The van der Waals surface area contributed by atoms with Gasteiger partial charge in [0, 0.05) is 0 Å². The molecule has 0 atom stereocenters. The van der Waals surface area contributed by atoms with Crippen molar-refractivity contribution in [2.24, 2.45) is 0 Å². The van der Waals surface area contributed by atoms with Crippen molar-refractivity contribution in [2.75, 3.05) is 0 Å². The highest BCUT2D eigenvalue weighted by atomic mass is 127. The van der Waals surface area contributed by atoms with Crippen molar-refractivity contribution >= 4 is 46.5 Å². The van der Waals surface area contributed by atoms with Crippen LogP contribution in [0.15, 0.2) is 22.1 Å². The average molecular weight is 332 g/mol. The molecule has 0 radical (unpaired) electrons. The number of imide groups is 2. The van der Waals surface area contributed by atoms with Gasteiger partial charge in [-0.25, -0.2) is 4.79 Å². The molecule has 0 bridgehead atoms. The van der Waals surface area contributed by atoms with Gasteiger partial charge in [0.1, 0.15) is 11.3 Å². The van der Waals surface area contributed by atoms with Crippen molar-refractivity contribution in [3.63, 3.8) is 0 Å². The fourth-order valence-electron chi connectivity index (χ4n) is 1.15. The van der Waals surface area contributed by atoms with Crippen LogP contribution in [-0.4, -0.2) is 17.8 Å². The molecule has 1 aliphatic heterocycles. The van der Waals surface area contributed by atoms with Crippen molar-refractivity contribution in [2.45, 2.75) is 0 Å². The van der Waals surface area contributed by atoms with Crippen molar-refractivity contribution in [3.05, 3.63) is 27.2 Å². The lowest BCUT2D eigenvalue weighted by atomic mass is 10.1. The van der Waals surface area contributed by atoms with Gasteiger partial charge in [0.15, 0.2) is 3.77 Å². The van der Waals surface area contributed by atoms with Crippen molar-refractivity contribution < 1.29 is 18.8 Å². The van der Waals surface area contributed by atoms with Crippen LogP contribution < -0.4 is 10.6 Å². The monoisotopic (exact) mass is 332 g/mol. The summed E-state index contributed by atoms with van der Waals surface area (Å²) in [6, 6.07) is 2.49. The van der Waals surface area contributed by atoms with E-state index in [-0.39, 0.29) is 5.57 Å². The van der Waals surface area contributed by atoms with Crippen LogP contribution in [0.3, 0.4) is 0 Å². The van der Waals surface area contributed by atoms with Crippen LogP contribution in [0.2, 0.25) is 0 Å². The number of nitrogens with one attached hydrogen (secondary N) is 2. The highest BCUT2D eigenvalue weighted by Crippen LogP contribution is 2.14. The molecule has 0 unspecified atom stereocenters. The number of rotatable bonds is 1. The maximum atomic E-state index is 11.3. The van der Waals surface area contributed by atoms with Gasteiger partial charge in [0.25, 0.3) is 11.8 Å². The van der Waals surface area contributed by atoms with Crippen LogP contribution in [0.25, 0.3) is 6.08 Å². The Morgan fingerprint density at radius 2 is 1.75 bits per heavy atom. The summed E-state index contributed by atoms with van der Waals surface area (Å²) < 4.78 is 5.81. The van der Waals surface area contributed by atoms with Gasteiger partial charge in [-0.1, -0.05) is 0 Å². The smallest absolute Gasteiger partial charge is 0.328 e. The molecule has 16 heavy (non-hydrogen) atoms. The summed E-state index contributed by atoms with van der Waals surface area (Å²) in [5.41, 5.74) is -0.162. The Labute approximate surface area is 103 Å². The van der Waals surface area contributed by atoms with E-state index >= 15 is 0 Å². The highest BCUT2D eigenvalue weighted by molar-refractivity contribution is 14.1. The molecule has 0 spiro atoms. The highest BCUT2D eigenvalue weighted by Gasteiger charge is 2.27. The van der Waals surface area contributed by atoms with E-state index in [4.69, 9.17) is 4.42 Å². The molecule has 82 valence electrons. The minimum Gasteiger partial charge on any atom is -0.451 e. The molecule has 2 rings (SSSR count).